The van der Waals surface area contributed by atoms with Gasteiger partial charge in [0, 0.05) is 12.8 Å². The third-order valence-electron chi connectivity index (χ3n) is 16.4. The van der Waals surface area contributed by atoms with Crippen molar-refractivity contribution in [1.29, 1.82) is 0 Å². The first-order valence-electron chi connectivity index (χ1n) is 37.3. The van der Waals surface area contributed by atoms with Crippen molar-refractivity contribution in [2.75, 3.05) is 47.5 Å². The molecule has 0 saturated carbocycles. The molecule has 2 unspecified atom stereocenters. The minimum absolute atomic E-state index is 0.0249. The second kappa shape index (κ2) is 68.6. The molecule has 0 aromatic rings. The van der Waals surface area contributed by atoms with Crippen LogP contribution in [0.2, 0.25) is 0 Å². The lowest BCUT2D eigenvalue weighted by Gasteiger charge is -2.24. The SMILES string of the molecule is CC/C=C\C/C=C\C/C=C\C/C=C\C/C=C\C/C=C\C/C=C\CCCCCCCC(=O)OC(COC(=O)CCCCCCCCCCCCCCCCCCCCCCCCCCCCCCCCCCCCCCC)COP(=O)(O)OCC[N+](C)(C)C. The first-order chi connectivity index (χ1) is 43.0. The Kier molecular flexibility index (Phi) is 66.4. The quantitative estimate of drug-likeness (QED) is 0.0211. The highest BCUT2D eigenvalue weighted by Gasteiger charge is 2.27. The van der Waals surface area contributed by atoms with Crippen LogP contribution in [0.15, 0.2) is 85.1 Å². The summed E-state index contributed by atoms with van der Waals surface area (Å²) < 4.78 is 34.7. The lowest BCUT2D eigenvalue weighted by molar-refractivity contribution is -0.870. The highest BCUT2D eigenvalue weighted by molar-refractivity contribution is 7.47. The molecule has 0 aliphatic heterocycles. The number of allylic oxidation sites excluding steroid dienone is 14. The van der Waals surface area contributed by atoms with E-state index in [1.165, 1.54) is 218 Å². The Labute approximate surface area is 545 Å². The third-order valence-corrected chi connectivity index (χ3v) is 17.4. The topological polar surface area (TPSA) is 108 Å². The Morgan fingerprint density at radius 2 is 0.648 bits per heavy atom. The Hall–Kier alpha value is -2.81. The molecule has 512 valence electrons. The Balaban J connectivity index is 3.99. The van der Waals surface area contributed by atoms with Crippen LogP contribution < -0.4 is 0 Å². The van der Waals surface area contributed by atoms with E-state index in [9.17, 15) is 19.0 Å². The molecule has 0 fully saturated rings. The van der Waals surface area contributed by atoms with Crippen LogP contribution in [-0.2, 0) is 32.7 Å². The zero-order valence-electron chi connectivity index (χ0n) is 58.5. The normalized spacial score (nSPS) is 13.6. The van der Waals surface area contributed by atoms with E-state index < -0.39 is 26.5 Å². The van der Waals surface area contributed by atoms with Crippen LogP contribution in [0.4, 0.5) is 0 Å². The van der Waals surface area contributed by atoms with E-state index in [2.05, 4.69) is 98.9 Å². The summed E-state index contributed by atoms with van der Waals surface area (Å²) >= 11 is 0. The van der Waals surface area contributed by atoms with Gasteiger partial charge in [0.05, 0.1) is 27.7 Å². The molecule has 0 rings (SSSR count). The number of unbranched alkanes of at least 4 members (excludes halogenated alkanes) is 41. The molecule has 2 atom stereocenters. The predicted molar refractivity (Wildman–Crippen MR) is 381 cm³/mol. The van der Waals surface area contributed by atoms with E-state index in [-0.39, 0.29) is 32.0 Å². The van der Waals surface area contributed by atoms with Crippen molar-refractivity contribution >= 4 is 19.8 Å². The van der Waals surface area contributed by atoms with Crippen LogP contribution in [0.25, 0.3) is 0 Å². The van der Waals surface area contributed by atoms with E-state index in [1.54, 1.807) is 0 Å². The molecular formula is C78H143NO8P+. The van der Waals surface area contributed by atoms with Gasteiger partial charge in [-0.25, -0.2) is 4.57 Å². The van der Waals surface area contributed by atoms with Crippen molar-refractivity contribution in [2.45, 2.75) is 354 Å². The first kappa shape index (κ1) is 85.2. The number of quaternary nitrogens is 1. The molecule has 1 N–H and O–H groups in total. The molecule has 0 heterocycles. The van der Waals surface area contributed by atoms with Gasteiger partial charge in [0.25, 0.3) is 0 Å². The molecule has 88 heavy (non-hydrogen) atoms. The number of likely N-dealkylation sites (N-methyl/N-ethyl adjacent to an activating group) is 1. The van der Waals surface area contributed by atoms with Crippen LogP contribution in [-0.4, -0.2) is 74.9 Å². The summed E-state index contributed by atoms with van der Waals surface area (Å²) in [5.74, 6) is -0.810. The van der Waals surface area contributed by atoms with Crippen molar-refractivity contribution in [3.63, 3.8) is 0 Å². The molecule has 0 bridgehead atoms. The molecular weight excluding hydrogens is 1110 g/mol. The number of hydrogen-bond acceptors (Lipinski definition) is 7. The van der Waals surface area contributed by atoms with Gasteiger partial charge in [0.1, 0.15) is 19.8 Å². The predicted octanol–water partition coefficient (Wildman–Crippen LogP) is 24.5. The number of carbonyl (C=O) groups is 2. The van der Waals surface area contributed by atoms with Crippen LogP contribution in [0.1, 0.15) is 348 Å². The van der Waals surface area contributed by atoms with Crippen molar-refractivity contribution in [1.82, 2.24) is 0 Å². The fourth-order valence-corrected chi connectivity index (χ4v) is 11.5. The lowest BCUT2D eigenvalue weighted by atomic mass is 10.0. The molecule has 0 amide bonds. The number of ether oxygens (including phenoxy) is 2. The van der Waals surface area contributed by atoms with Gasteiger partial charge in [-0.15, -0.1) is 0 Å². The maximum Gasteiger partial charge on any atom is 0.472 e. The van der Waals surface area contributed by atoms with Gasteiger partial charge in [-0.05, 0) is 70.6 Å². The molecule has 0 aromatic heterocycles. The number of hydrogen-bond donors (Lipinski definition) is 1. The first-order valence-corrected chi connectivity index (χ1v) is 38.8. The molecule has 0 spiro atoms. The molecule has 0 aliphatic rings. The van der Waals surface area contributed by atoms with Crippen LogP contribution >= 0.6 is 7.82 Å². The molecule has 0 radical (unpaired) electrons. The zero-order chi connectivity index (χ0) is 64.1. The van der Waals surface area contributed by atoms with E-state index in [0.29, 0.717) is 17.4 Å². The van der Waals surface area contributed by atoms with E-state index in [0.717, 1.165) is 96.3 Å². The van der Waals surface area contributed by atoms with Gasteiger partial charge in [-0.2, -0.15) is 0 Å². The fourth-order valence-electron chi connectivity index (χ4n) is 10.8. The Bertz CT molecular complexity index is 1760. The number of phosphoric ester groups is 1. The van der Waals surface area contributed by atoms with E-state index >= 15 is 0 Å². The van der Waals surface area contributed by atoms with Crippen molar-refractivity contribution in [3.8, 4) is 0 Å². The van der Waals surface area contributed by atoms with E-state index in [1.807, 2.05) is 21.1 Å². The van der Waals surface area contributed by atoms with Gasteiger partial charge in [0.2, 0.25) is 0 Å². The second-order valence-electron chi connectivity index (χ2n) is 26.3. The maximum atomic E-state index is 12.9. The van der Waals surface area contributed by atoms with Gasteiger partial charge < -0.3 is 18.9 Å². The molecule has 0 aliphatic carbocycles. The fraction of sp³-hybridized carbons (Fsp3) is 0.795. The summed E-state index contributed by atoms with van der Waals surface area (Å²) in [6.07, 6.45) is 94.4. The zero-order valence-corrected chi connectivity index (χ0v) is 59.4. The summed E-state index contributed by atoms with van der Waals surface area (Å²) in [6.45, 7) is 4.34. The van der Waals surface area contributed by atoms with Crippen molar-refractivity contribution in [2.24, 2.45) is 0 Å². The molecule has 0 saturated heterocycles. The number of phosphoric acid groups is 1. The van der Waals surface area contributed by atoms with E-state index in [4.69, 9.17) is 18.5 Å². The summed E-state index contributed by atoms with van der Waals surface area (Å²) in [6, 6.07) is 0. The standard InChI is InChI=1S/C78H142NO8P/c1-6-8-10-12-14-16-18-20-22-24-26-28-30-32-34-35-36-37-38-39-40-41-42-43-45-46-48-50-52-54-56-58-60-62-64-66-68-70-77(80)84-74-76(75-86-88(82,83)85-73-72-79(3,4)5)87-78(81)71-69-67-65-63-61-59-57-55-53-51-49-47-44-33-31-29-27-25-23-21-19-17-15-13-11-9-7-2/h9,11,15,17,21,23,27,29,33,44,49,51,55,57,76H,6-8,10,12-14,16,18-20,22,24-26,28,30-32,34-43,45-48,50,52-54,56,58-75H2,1-5H3/p+1/b11-9-,17-15-,23-21-,29-27-,44-33-,51-49-,57-55-. The third kappa shape index (κ3) is 72.3. The number of nitrogens with zero attached hydrogens (tertiary/aromatic N) is 1. The average Bonchev–Trinajstić information content (AvgIpc) is 3.60. The summed E-state index contributed by atoms with van der Waals surface area (Å²) in [7, 11) is 1.47. The molecule has 0 aromatic carbocycles. The second-order valence-corrected chi connectivity index (χ2v) is 27.8. The monoisotopic (exact) mass is 1250 g/mol. The summed E-state index contributed by atoms with van der Waals surface area (Å²) in [5, 5.41) is 0. The highest BCUT2D eigenvalue weighted by Crippen LogP contribution is 2.43. The molecule has 10 heteroatoms. The van der Waals surface area contributed by atoms with Gasteiger partial charge in [-0.1, -0.05) is 349 Å². The van der Waals surface area contributed by atoms with Crippen molar-refractivity contribution in [3.05, 3.63) is 85.1 Å². The Morgan fingerprint density at radius 1 is 0.364 bits per heavy atom. The van der Waals surface area contributed by atoms with Crippen LogP contribution in [0.3, 0.4) is 0 Å². The van der Waals surface area contributed by atoms with Crippen LogP contribution in [0.5, 0.6) is 0 Å². The maximum absolute atomic E-state index is 12.9. The number of rotatable bonds is 69. The largest absolute Gasteiger partial charge is 0.472 e. The number of carbonyl (C=O) groups excluding carboxylic acids is 2. The molecule has 9 nitrogen and oxygen atoms in total. The average molecular weight is 1250 g/mol. The van der Waals surface area contributed by atoms with Crippen LogP contribution in [0, 0.1) is 0 Å². The highest BCUT2D eigenvalue weighted by atomic mass is 31.2. The minimum atomic E-state index is -4.40. The van der Waals surface area contributed by atoms with Gasteiger partial charge in [0.15, 0.2) is 6.10 Å². The van der Waals surface area contributed by atoms with Gasteiger partial charge >= 0.3 is 19.8 Å². The lowest BCUT2D eigenvalue weighted by Crippen LogP contribution is -2.37. The Morgan fingerprint density at radius 3 is 0.966 bits per heavy atom. The summed E-state index contributed by atoms with van der Waals surface area (Å²) in [4.78, 5) is 35.9. The number of esters is 2. The van der Waals surface area contributed by atoms with Crippen molar-refractivity contribution < 1.29 is 42.1 Å². The summed E-state index contributed by atoms with van der Waals surface area (Å²) in [5.41, 5.74) is 0. The smallest absolute Gasteiger partial charge is 0.462 e. The van der Waals surface area contributed by atoms with Gasteiger partial charge in [-0.3, -0.25) is 18.6 Å². The minimum Gasteiger partial charge on any atom is -0.462 e.